The first kappa shape index (κ1) is 14.8. The number of hydrogen-bond donors (Lipinski definition) is 3. The highest BCUT2D eigenvalue weighted by Gasteiger charge is 2.33. The van der Waals surface area contributed by atoms with Crippen LogP contribution in [0.4, 0.5) is 10.5 Å². The van der Waals surface area contributed by atoms with Crippen LogP contribution in [0, 0.1) is 5.41 Å². The topological polar surface area (TPSA) is 88.3 Å². The first-order valence-electron chi connectivity index (χ1n) is 6.85. The fourth-order valence-corrected chi connectivity index (χ4v) is 2.17. The van der Waals surface area contributed by atoms with Crippen molar-refractivity contribution >= 4 is 11.7 Å². The standard InChI is InChI=1S/C13H22N4O3/c1-13(2,11-19-6-7-20-11)4-3-5-14-12(18)17-10-8-15-16-9-10/h8-9,11H,3-7H2,1-2H3,(H,15,16)(H2,14,17,18). The number of urea groups is 1. The Morgan fingerprint density at radius 1 is 1.50 bits per heavy atom. The summed E-state index contributed by atoms with van der Waals surface area (Å²) in [6, 6.07) is -0.224. The number of aromatic amines is 1. The minimum absolute atomic E-state index is 0.0424. The second-order valence-corrected chi connectivity index (χ2v) is 5.53. The van der Waals surface area contributed by atoms with Gasteiger partial charge in [-0.3, -0.25) is 5.10 Å². The second kappa shape index (κ2) is 6.71. The summed E-state index contributed by atoms with van der Waals surface area (Å²) >= 11 is 0. The molecule has 2 heterocycles. The van der Waals surface area contributed by atoms with E-state index >= 15 is 0 Å². The molecule has 1 fully saturated rings. The minimum Gasteiger partial charge on any atom is -0.350 e. The fourth-order valence-electron chi connectivity index (χ4n) is 2.17. The summed E-state index contributed by atoms with van der Waals surface area (Å²) in [6.45, 7) is 6.18. The van der Waals surface area contributed by atoms with Crippen molar-refractivity contribution in [3.05, 3.63) is 12.4 Å². The molecule has 0 saturated carbocycles. The Morgan fingerprint density at radius 2 is 2.25 bits per heavy atom. The molecule has 112 valence electrons. The highest BCUT2D eigenvalue weighted by molar-refractivity contribution is 5.88. The smallest absolute Gasteiger partial charge is 0.319 e. The quantitative estimate of drug-likeness (QED) is 0.693. The summed E-state index contributed by atoms with van der Waals surface area (Å²) in [5.74, 6) is 0. The van der Waals surface area contributed by atoms with Gasteiger partial charge in [0, 0.05) is 18.2 Å². The van der Waals surface area contributed by atoms with Crippen LogP contribution in [-0.2, 0) is 9.47 Å². The molecule has 2 amide bonds. The molecular weight excluding hydrogens is 260 g/mol. The van der Waals surface area contributed by atoms with Crippen molar-refractivity contribution in [3.63, 3.8) is 0 Å². The number of rotatable bonds is 6. The van der Waals surface area contributed by atoms with E-state index in [4.69, 9.17) is 9.47 Å². The van der Waals surface area contributed by atoms with Gasteiger partial charge in [0.1, 0.15) is 0 Å². The lowest BCUT2D eigenvalue weighted by molar-refractivity contribution is -0.122. The number of hydrogen-bond acceptors (Lipinski definition) is 4. The highest BCUT2D eigenvalue weighted by Crippen LogP contribution is 2.31. The minimum atomic E-state index is -0.224. The maximum atomic E-state index is 11.6. The van der Waals surface area contributed by atoms with E-state index < -0.39 is 0 Å². The molecule has 1 aliphatic heterocycles. The molecular formula is C13H22N4O3. The third-order valence-electron chi connectivity index (χ3n) is 3.30. The molecule has 7 heteroatoms. The molecule has 0 bridgehead atoms. The van der Waals surface area contributed by atoms with E-state index in [-0.39, 0.29) is 17.7 Å². The van der Waals surface area contributed by atoms with Crippen LogP contribution in [0.15, 0.2) is 12.4 Å². The number of ether oxygens (including phenoxy) is 2. The van der Waals surface area contributed by atoms with Crippen molar-refractivity contribution in [2.45, 2.75) is 33.0 Å². The molecule has 0 aromatic carbocycles. The van der Waals surface area contributed by atoms with Crippen molar-refractivity contribution < 1.29 is 14.3 Å². The average Bonchev–Trinajstić information content (AvgIpc) is 3.07. The fraction of sp³-hybridized carbons (Fsp3) is 0.692. The van der Waals surface area contributed by atoms with Crippen LogP contribution >= 0.6 is 0 Å². The van der Waals surface area contributed by atoms with E-state index in [1.807, 2.05) is 0 Å². The van der Waals surface area contributed by atoms with Gasteiger partial charge in [-0.1, -0.05) is 13.8 Å². The van der Waals surface area contributed by atoms with Crippen LogP contribution in [0.1, 0.15) is 26.7 Å². The molecule has 0 atom stereocenters. The van der Waals surface area contributed by atoms with Gasteiger partial charge in [-0.25, -0.2) is 4.79 Å². The highest BCUT2D eigenvalue weighted by atomic mass is 16.7. The van der Waals surface area contributed by atoms with Gasteiger partial charge in [-0.15, -0.1) is 0 Å². The van der Waals surface area contributed by atoms with Crippen LogP contribution in [0.2, 0.25) is 0 Å². The number of anilines is 1. The lowest BCUT2D eigenvalue weighted by atomic mass is 9.87. The zero-order chi connectivity index (χ0) is 14.4. The summed E-state index contributed by atoms with van der Waals surface area (Å²) < 4.78 is 11.1. The predicted molar refractivity (Wildman–Crippen MR) is 74.3 cm³/mol. The molecule has 0 spiro atoms. The van der Waals surface area contributed by atoms with Crippen molar-refractivity contribution in [1.82, 2.24) is 15.5 Å². The molecule has 2 rings (SSSR count). The van der Waals surface area contributed by atoms with Gasteiger partial charge in [0.05, 0.1) is 25.1 Å². The number of carbonyl (C=O) groups is 1. The Morgan fingerprint density at radius 3 is 2.90 bits per heavy atom. The Labute approximate surface area is 118 Å². The zero-order valence-corrected chi connectivity index (χ0v) is 11.9. The number of amides is 2. The number of aromatic nitrogens is 2. The molecule has 1 saturated heterocycles. The number of nitrogens with one attached hydrogen (secondary N) is 3. The first-order chi connectivity index (χ1) is 9.58. The van der Waals surface area contributed by atoms with Gasteiger partial charge in [-0.05, 0) is 12.8 Å². The van der Waals surface area contributed by atoms with E-state index in [0.29, 0.717) is 25.4 Å². The Kier molecular flexibility index (Phi) is 4.97. The summed E-state index contributed by atoms with van der Waals surface area (Å²) in [5.41, 5.74) is 0.606. The first-order valence-corrected chi connectivity index (χ1v) is 6.85. The number of carbonyl (C=O) groups excluding carboxylic acids is 1. The summed E-state index contributed by atoms with van der Waals surface area (Å²) in [6.07, 6.45) is 4.83. The predicted octanol–water partition coefficient (Wildman–Crippen LogP) is 1.71. The number of nitrogens with zero attached hydrogens (tertiary/aromatic N) is 1. The van der Waals surface area contributed by atoms with Gasteiger partial charge < -0.3 is 20.1 Å². The molecule has 3 N–H and O–H groups in total. The third kappa shape index (κ3) is 4.21. The summed E-state index contributed by atoms with van der Waals surface area (Å²) in [5, 5.41) is 11.9. The van der Waals surface area contributed by atoms with Gasteiger partial charge in [-0.2, -0.15) is 5.10 Å². The van der Waals surface area contributed by atoms with E-state index in [2.05, 4.69) is 34.7 Å². The maximum absolute atomic E-state index is 11.6. The molecule has 1 aliphatic rings. The van der Waals surface area contributed by atoms with E-state index in [9.17, 15) is 4.79 Å². The van der Waals surface area contributed by atoms with E-state index in [0.717, 1.165) is 12.8 Å². The monoisotopic (exact) mass is 282 g/mol. The van der Waals surface area contributed by atoms with Crippen molar-refractivity contribution in [2.75, 3.05) is 25.1 Å². The average molecular weight is 282 g/mol. The van der Waals surface area contributed by atoms with Crippen LogP contribution in [0.5, 0.6) is 0 Å². The van der Waals surface area contributed by atoms with Gasteiger partial charge in [0.2, 0.25) is 0 Å². The molecule has 0 aliphatic carbocycles. The largest absolute Gasteiger partial charge is 0.350 e. The normalized spacial score (nSPS) is 16.3. The van der Waals surface area contributed by atoms with E-state index in [1.54, 1.807) is 12.4 Å². The van der Waals surface area contributed by atoms with Crippen molar-refractivity contribution in [2.24, 2.45) is 5.41 Å². The Bertz CT molecular complexity index is 413. The van der Waals surface area contributed by atoms with Crippen LogP contribution in [-0.4, -0.2) is 42.3 Å². The molecule has 7 nitrogen and oxygen atoms in total. The lowest BCUT2D eigenvalue weighted by Crippen LogP contribution is -2.33. The maximum Gasteiger partial charge on any atom is 0.319 e. The summed E-state index contributed by atoms with van der Waals surface area (Å²) in [4.78, 5) is 11.6. The van der Waals surface area contributed by atoms with Crippen LogP contribution in [0.25, 0.3) is 0 Å². The van der Waals surface area contributed by atoms with Crippen LogP contribution in [0.3, 0.4) is 0 Å². The third-order valence-corrected chi connectivity index (χ3v) is 3.30. The second-order valence-electron chi connectivity index (χ2n) is 5.53. The molecule has 1 aromatic heterocycles. The molecule has 20 heavy (non-hydrogen) atoms. The molecule has 1 aromatic rings. The van der Waals surface area contributed by atoms with Gasteiger partial charge >= 0.3 is 6.03 Å². The van der Waals surface area contributed by atoms with Gasteiger partial charge in [0.25, 0.3) is 0 Å². The zero-order valence-electron chi connectivity index (χ0n) is 11.9. The Hall–Kier alpha value is -1.60. The number of H-pyrrole nitrogens is 1. The van der Waals surface area contributed by atoms with Crippen molar-refractivity contribution in [1.29, 1.82) is 0 Å². The SMILES string of the molecule is CC(C)(CCCNC(=O)Nc1cn[nH]c1)C1OCCO1. The molecule has 0 unspecified atom stereocenters. The Balaban J connectivity index is 1.62. The van der Waals surface area contributed by atoms with E-state index in [1.165, 1.54) is 0 Å². The summed E-state index contributed by atoms with van der Waals surface area (Å²) in [7, 11) is 0. The van der Waals surface area contributed by atoms with Gasteiger partial charge in [0.15, 0.2) is 6.29 Å². The van der Waals surface area contributed by atoms with Crippen molar-refractivity contribution in [3.8, 4) is 0 Å². The van der Waals surface area contributed by atoms with Crippen LogP contribution < -0.4 is 10.6 Å². The molecule has 0 radical (unpaired) electrons. The lowest BCUT2D eigenvalue weighted by Gasteiger charge is -2.29.